The van der Waals surface area contributed by atoms with Crippen LogP contribution < -0.4 is 21.7 Å². The number of hydrogen-bond donors (Lipinski definition) is 2. The van der Waals surface area contributed by atoms with Gasteiger partial charge in [-0.3, -0.25) is 9.79 Å². The highest BCUT2D eigenvalue weighted by atomic mass is 19.1. The maximum atomic E-state index is 13.5. The van der Waals surface area contributed by atoms with E-state index in [1.54, 1.807) is 24.3 Å². The topological polar surface area (TPSA) is 69.6 Å². The van der Waals surface area contributed by atoms with Crippen LogP contribution in [0.3, 0.4) is 0 Å². The number of rotatable bonds is 2. The summed E-state index contributed by atoms with van der Waals surface area (Å²) in [6.07, 6.45) is 0. The van der Waals surface area contributed by atoms with Crippen molar-refractivity contribution in [2.24, 2.45) is 9.98 Å². The monoisotopic (exact) mass is 244 g/mol. The number of aromatic nitrogens is 1. The molecule has 3 rings (SSSR count). The lowest BCUT2D eigenvalue weighted by molar-refractivity contribution is 0.632. The van der Waals surface area contributed by atoms with Crippen LogP contribution in [0.25, 0.3) is 0 Å². The minimum Gasteiger partial charge on any atom is -0.349 e. The highest BCUT2D eigenvalue weighted by molar-refractivity contribution is 5.58. The Morgan fingerprint density at radius 2 is 2.06 bits per heavy atom. The molecule has 0 fully saturated rings. The van der Waals surface area contributed by atoms with Crippen molar-refractivity contribution in [2.45, 2.75) is 0 Å². The average molecular weight is 244 g/mol. The lowest BCUT2D eigenvalue weighted by Crippen LogP contribution is -2.33. The first kappa shape index (κ1) is 10.6. The number of halogens is 1. The Kier molecular flexibility index (Phi) is 2.40. The first-order chi connectivity index (χ1) is 8.74. The van der Waals surface area contributed by atoms with Gasteiger partial charge < -0.3 is 10.3 Å². The zero-order valence-corrected chi connectivity index (χ0v) is 9.27. The summed E-state index contributed by atoms with van der Waals surface area (Å²) in [6, 6.07) is 7.72. The van der Waals surface area contributed by atoms with Gasteiger partial charge in [-0.05, 0) is 18.2 Å². The fourth-order valence-electron chi connectivity index (χ4n) is 1.73. The number of anilines is 2. The summed E-state index contributed by atoms with van der Waals surface area (Å²) in [7, 11) is 0. The molecular weight excluding hydrogens is 235 g/mol. The standard InChI is InChI=1S/C12H9FN4O/c13-7-3-1-2-4-8(7)16-10-5-9-11(15-6-14-9)17-12(10)18/h1-5,16H,6H2,(H,15,17,18). The van der Waals surface area contributed by atoms with E-state index in [2.05, 4.69) is 20.3 Å². The molecule has 0 atom stereocenters. The molecule has 1 aromatic carbocycles. The Morgan fingerprint density at radius 3 is 2.89 bits per heavy atom. The Balaban J connectivity index is 2.08. The van der Waals surface area contributed by atoms with E-state index in [0.29, 0.717) is 17.5 Å². The van der Waals surface area contributed by atoms with Crippen molar-refractivity contribution >= 4 is 11.4 Å². The van der Waals surface area contributed by atoms with Gasteiger partial charge in [-0.25, -0.2) is 9.38 Å². The maximum Gasteiger partial charge on any atom is 0.273 e. The van der Waals surface area contributed by atoms with Crippen molar-refractivity contribution in [3.05, 3.63) is 57.3 Å². The second-order valence-corrected chi connectivity index (χ2v) is 3.81. The smallest absolute Gasteiger partial charge is 0.273 e. The third-order valence-corrected chi connectivity index (χ3v) is 2.61. The summed E-state index contributed by atoms with van der Waals surface area (Å²) in [5.74, 6) is -0.418. The van der Waals surface area contributed by atoms with E-state index in [1.807, 2.05) is 0 Å². The normalized spacial score (nSPS) is 12.5. The molecule has 0 spiro atoms. The molecule has 5 nitrogen and oxygen atoms in total. The molecule has 1 aromatic heterocycles. The Bertz CT molecular complexity index is 781. The molecule has 0 aliphatic carbocycles. The van der Waals surface area contributed by atoms with Gasteiger partial charge in [0.2, 0.25) is 0 Å². The van der Waals surface area contributed by atoms with E-state index in [0.717, 1.165) is 0 Å². The van der Waals surface area contributed by atoms with E-state index in [1.165, 1.54) is 6.07 Å². The Labute approximate surface area is 101 Å². The average Bonchev–Trinajstić information content (AvgIpc) is 2.79. The number of pyridine rings is 1. The quantitative estimate of drug-likeness (QED) is 0.806. The van der Waals surface area contributed by atoms with E-state index in [4.69, 9.17) is 0 Å². The highest BCUT2D eigenvalue weighted by Gasteiger charge is 2.07. The zero-order chi connectivity index (χ0) is 12.5. The van der Waals surface area contributed by atoms with Gasteiger partial charge in [0, 0.05) is 0 Å². The first-order valence-electron chi connectivity index (χ1n) is 5.38. The summed E-state index contributed by atoms with van der Waals surface area (Å²) in [5.41, 5.74) is 0.620. The van der Waals surface area contributed by atoms with Crippen LogP contribution >= 0.6 is 0 Å². The predicted octanol–water partition coefficient (Wildman–Crippen LogP) is 0.468. The third-order valence-electron chi connectivity index (χ3n) is 2.61. The summed E-state index contributed by atoms with van der Waals surface area (Å²) >= 11 is 0. The molecule has 0 amide bonds. The largest absolute Gasteiger partial charge is 0.349 e. The van der Waals surface area contributed by atoms with Crippen LogP contribution in [-0.2, 0) is 0 Å². The Morgan fingerprint density at radius 1 is 1.22 bits per heavy atom. The fourth-order valence-corrected chi connectivity index (χ4v) is 1.73. The van der Waals surface area contributed by atoms with Gasteiger partial charge in [-0.15, -0.1) is 0 Å². The lowest BCUT2D eigenvalue weighted by atomic mass is 10.3. The molecule has 0 bridgehead atoms. The van der Waals surface area contributed by atoms with Crippen molar-refractivity contribution < 1.29 is 4.39 Å². The van der Waals surface area contributed by atoms with Crippen molar-refractivity contribution in [1.29, 1.82) is 0 Å². The summed E-state index contributed by atoms with van der Waals surface area (Å²) in [4.78, 5) is 22.4. The van der Waals surface area contributed by atoms with Crippen LogP contribution in [0.1, 0.15) is 0 Å². The lowest BCUT2D eigenvalue weighted by Gasteiger charge is -2.05. The number of hydrogen-bond acceptors (Lipinski definition) is 4. The van der Waals surface area contributed by atoms with Crippen molar-refractivity contribution in [3.63, 3.8) is 0 Å². The molecule has 6 heteroatoms. The first-order valence-corrected chi connectivity index (χ1v) is 5.38. The summed E-state index contributed by atoms with van der Waals surface area (Å²) in [5, 5.41) is 3.35. The van der Waals surface area contributed by atoms with Gasteiger partial charge in [0.05, 0.1) is 5.69 Å². The number of nitrogens with one attached hydrogen (secondary N) is 2. The van der Waals surface area contributed by atoms with Gasteiger partial charge in [0.25, 0.3) is 5.56 Å². The molecule has 2 aromatic rings. The predicted molar refractivity (Wildman–Crippen MR) is 63.9 cm³/mol. The van der Waals surface area contributed by atoms with Crippen LogP contribution in [0.5, 0.6) is 0 Å². The van der Waals surface area contributed by atoms with Crippen LogP contribution in [0.2, 0.25) is 0 Å². The molecule has 18 heavy (non-hydrogen) atoms. The number of benzene rings is 1. The van der Waals surface area contributed by atoms with Crippen LogP contribution in [0, 0.1) is 5.82 Å². The minimum atomic E-state index is -0.418. The Hall–Kier alpha value is -2.50. The number of nitrogens with zero attached hydrogens (tertiary/aromatic N) is 2. The summed E-state index contributed by atoms with van der Waals surface area (Å²) < 4.78 is 13.5. The second-order valence-electron chi connectivity index (χ2n) is 3.81. The van der Waals surface area contributed by atoms with Crippen LogP contribution in [-0.4, -0.2) is 11.7 Å². The molecular formula is C12H9FN4O. The third kappa shape index (κ3) is 1.77. The van der Waals surface area contributed by atoms with Gasteiger partial charge in [0.15, 0.2) is 5.49 Å². The van der Waals surface area contributed by atoms with Crippen molar-refractivity contribution in [3.8, 4) is 0 Å². The highest BCUT2D eigenvalue weighted by Crippen LogP contribution is 2.15. The number of aromatic amines is 1. The molecule has 2 N–H and O–H groups in total. The van der Waals surface area contributed by atoms with Gasteiger partial charge in [0.1, 0.15) is 23.5 Å². The maximum absolute atomic E-state index is 13.5. The SMILES string of the molecule is O=c1[nH]c2c(cc1Nc1ccccc1F)=NCN=2. The van der Waals surface area contributed by atoms with Crippen molar-refractivity contribution in [2.75, 3.05) is 12.0 Å². The second kappa shape index (κ2) is 4.06. The van der Waals surface area contributed by atoms with Crippen LogP contribution in [0.4, 0.5) is 15.8 Å². The molecule has 0 saturated heterocycles. The number of H-pyrrole nitrogens is 1. The fraction of sp³-hybridized carbons (Fsp3) is 0.0833. The van der Waals surface area contributed by atoms with E-state index in [9.17, 15) is 9.18 Å². The van der Waals surface area contributed by atoms with E-state index < -0.39 is 5.82 Å². The van der Waals surface area contributed by atoms with E-state index >= 15 is 0 Å². The molecule has 90 valence electrons. The van der Waals surface area contributed by atoms with E-state index in [-0.39, 0.29) is 16.9 Å². The zero-order valence-electron chi connectivity index (χ0n) is 9.27. The van der Waals surface area contributed by atoms with Crippen molar-refractivity contribution in [1.82, 2.24) is 4.98 Å². The van der Waals surface area contributed by atoms with Crippen LogP contribution in [0.15, 0.2) is 45.1 Å². The molecule has 0 radical (unpaired) electrons. The van der Waals surface area contributed by atoms with Gasteiger partial charge in [-0.2, -0.15) is 0 Å². The molecule has 1 aliphatic rings. The molecule has 0 saturated carbocycles. The molecule has 2 heterocycles. The molecule has 1 aliphatic heterocycles. The minimum absolute atomic E-state index is 0.248. The number of fused-ring (bicyclic) bond motifs is 1. The summed E-state index contributed by atoms with van der Waals surface area (Å²) in [6.45, 7) is 0.314. The van der Waals surface area contributed by atoms with Gasteiger partial charge >= 0.3 is 0 Å². The molecule has 0 unspecified atom stereocenters. The number of para-hydroxylation sites is 1. The van der Waals surface area contributed by atoms with Gasteiger partial charge in [-0.1, -0.05) is 12.1 Å².